The van der Waals surface area contributed by atoms with Crippen LogP contribution in [0.5, 0.6) is 0 Å². The first-order chi connectivity index (χ1) is 4.81. The lowest BCUT2D eigenvalue weighted by atomic mass is 10.2. The number of esters is 1. The van der Waals surface area contributed by atoms with E-state index in [4.69, 9.17) is 5.26 Å². The van der Waals surface area contributed by atoms with Gasteiger partial charge in [0.25, 0.3) is 0 Å². The third-order valence-corrected chi connectivity index (χ3v) is 0.929. The number of hydrogen-bond acceptors (Lipinski definition) is 3. The van der Waals surface area contributed by atoms with Crippen molar-refractivity contribution in [3.05, 3.63) is 6.92 Å². The molecule has 1 radical (unpaired) electrons. The Balaban J connectivity index is 3.19. The largest absolute Gasteiger partial charge is 0.450 e. The van der Waals surface area contributed by atoms with Crippen molar-refractivity contribution in [2.45, 2.75) is 19.3 Å². The molecular weight excluding hydrogens is 130 g/mol. The Bertz CT molecular complexity index is 137. The summed E-state index contributed by atoms with van der Waals surface area (Å²) in [7, 11) is 0. The second-order valence-corrected chi connectivity index (χ2v) is 1.78. The minimum absolute atomic E-state index is 0.143. The zero-order valence-electron chi connectivity index (χ0n) is 5.80. The molecule has 0 aromatic rings. The molecule has 0 N–H and O–H groups in total. The molecule has 0 unspecified atom stereocenters. The van der Waals surface area contributed by atoms with Gasteiger partial charge in [0.15, 0.2) is 6.61 Å². The van der Waals surface area contributed by atoms with E-state index in [1.54, 1.807) is 6.07 Å². The van der Waals surface area contributed by atoms with Crippen molar-refractivity contribution >= 4 is 5.97 Å². The normalized spacial score (nSPS) is 8.40. The van der Waals surface area contributed by atoms with Crippen LogP contribution < -0.4 is 0 Å². The predicted molar refractivity (Wildman–Crippen MR) is 35.8 cm³/mol. The first-order valence-electron chi connectivity index (χ1n) is 3.13. The minimum atomic E-state index is -0.315. The van der Waals surface area contributed by atoms with Gasteiger partial charge >= 0.3 is 5.97 Å². The second kappa shape index (κ2) is 6.09. The Morgan fingerprint density at radius 1 is 1.70 bits per heavy atom. The van der Waals surface area contributed by atoms with E-state index in [2.05, 4.69) is 11.7 Å². The maximum atomic E-state index is 10.6. The fourth-order valence-corrected chi connectivity index (χ4v) is 0.454. The average Bonchev–Trinajstić information content (AvgIpc) is 1.97. The molecule has 10 heavy (non-hydrogen) atoms. The first-order valence-corrected chi connectivity index (χ1v) is 3.13. The van der Waals surface area contributed by atoms with Crippen molar-refractivity contribution < 1.29 is 9.53 Å². The molecule has 3 nitrogen and oxygen atoms in total. The highest BCUT2D eigenvalue weighted by Gasteiger charge is 1.98. The van der Waals surface area contributed by atoms with Crippen LogP contribution in [0.25, 0.3) is 0 Å². The summed E-state index contributed by atoms with van der Waals surface area (Å²) in [6.07, 6.45) is 1.82. The van der Waals surface area contributed by atoms with E-state index in [0.717, 1.165) is 12.8 Å². The summed E-state index contributed by atoms with van der Waals surface area (Å²) in [5.41, 5.74) is 0. The summed E-state index contributed by atoms with van der Waals surface area (Å²) in [4.78, 5) is 10.6. The zero-order chi connectivity index (χ0) is 7.82. The lowest BCUT2D eigenvalue weighted by Gasteiger charge is -1.96. The van der Waals surface area contributed by atoms with Crippen LogP contribution in [0.15, 0.2) is 0 Å². The topological polar surface area (TPSA) is 50.1 Å². The molecule has 0 atom stereocenters. The van der Waals surface area contributed by atoms with Gasteiger partial charge in [0.05, 0.1) is 0 Å². The molecule has 0 aromatic heterocycles. The molecule has 0 aliphatic carbocycles. The molecule has 0 heterocycles. The van der Waals surface area contributed by atoms with Crippen molar-refractivity contribution in [2.75, 3.05) is 6.61 Å². The van der Waals surface area contributed by atoms with Gasteiger partial charge in [-0.1, -0.05) is 13.3 Å². The highest BCUT2D eigenvalue weighted by atomic mass is 16.5. The van der Waals surface area contributed by atoms with Gasteiger partial charge in [-0.15, -0.1) is 0 Å². The molecule has 0 aromatic carbocycles. The highest BCUT2D eigenvalue weighted by Crippen LogP contribution is 1.95. The molecule has 3 heteroatoms. The Kier molecular flexibility index (Phi) is 5.45. The van der Waals surface area contributed by atoms with Crippen molar-refractivity contribution in [2.24, 2.45) is 0 Å². The molecule has 0 rings (SSSR count). The third kappa shape index (κ3) is 5.10. The fraction of sp³-hybridized carbons (Fsp3) is 0.571. The number of ether oxygens (including phenoxy) is 1. The maximum Gasteiger partial charge on any atom is 0.306 e. The number of rotatable bonds is 4. The summed E-state index contributed by atoms with van der Waals surface area (Å²) >= 11 is 0. The number of hydrogen-bond donors (Lipinski definition) is 0. The molecule has 0 amide bonds. The van der Waals surface area contributed by atoms with Crippen LogP contribution in [0.2, 0.25) is 0 Å². The lowest BCUT2D eigenvalue weighted by molar-refractivity contribution is -0.142. The summed E-state index contributed by atoms with van der Waals surface area (Å²) in [5, 5.41) is 8.00. The van der Waals surface area contributed by atoms with E-state index < -0.39 is 0 Å². The van der Waals surface area contributed by atoms with E-state index in [9.17, 15) is 4.79 Å². The fourth-order valence-electron chi connectivity index (χ4n) is 0.454. The van der Waals surface area contributed by atoms with E-state index in [1.807, 2.05) is 0 Å². The SMILES string of the molecule is [CH2]CCCC(=O)OCC#N. The van der Waals surface area contributed by atoms with Gasteiger partial charge in [-0.3, -0.25) is 4.79 Å². The number of nitriles is 1. The lowest BCUT2D eigenvalue weighted by Crippen LogP contribution is -2.03. The van der Waals surface area contributed by atoms with Crippen LogP contribution in [0, 0.1) is 18.3 Å². The van der Waals surface area contributed by atoms with E-state index >= 15 is 0 Å². The van der Waals surface area contributed by atoms with Gasteiger partial charge in [0, 0.05) is 6.42 Å². The van der Waals surface area contributed by atoms with Crippen LogP contribution in [-0.4, -0.2) is 12.6 Å². The van der Waals surface area contributed by atoms with Crippen LogP contribution in [0.4, 0.5) is 0 Å². The molecule has 0 fully saturated rings. The number of nitrogens with zero attached hydrogens (tertiary/aromatic N) is 1. The molecule has 0 aliphatic rings. The quantitative estimate of drug-likeness (QED) is 0.548. The molecule has 0 spiro atoms. The van der Waals surface area contributed by atoms with Crippen molar-refractivity contribution in [3.63, 3.8) is 0 Å². The Labute approximate surface area is 60.6 Å². The number of carbonyl (C=O) groups excluding carboxylic acids is 1. The smallest absolute Gasteiger partial charge is 0.306 e. The van der Waals surface area contributed by atoms with E-state index in [0.29, 0.717) is 6.42 Å². The highest BCUT2D eigenvalue weighted by molar-refractivity contribution is 5.69. The van der Waals surface area contributed by atoms with Crippen molar-refractivity contribution in [3.8, 4) is 6.07 Å². The Morgan fingerprint density at radius 3 is 2.90 bits per heavy atom. The van der Waals surface area contributed by atoms with Gasteiger partial charge in [-0.05, 0) is 6.42 Å². The number of carbonyl (C=O) groups is 1. The summed E-state index contributed by atoms with van der Waals surface area (Å²) in [6.45, 7) is 3.42. The molecule has 0 saturated carbocycles. The van der Waals surface area contributed by atoms with Crippen molar-refractivity contribution in [1.82, 2.24) is 0 Å². The van der Waals surface area contributed by atoms with Crippen LogP contribution in [0.1, 0.15) is 19.3 Å². The standard InChI is InChI=1S/C7H10NO2/c1-2-3-4-7(9)10-6-5-8/h1-4,6H2. The Morgan fingerprint density at radius 2 is 2.40 bits per heavy atom. The van der Waals surface area contributed by atoms with Crippen LogP contribution >= 0.6 is 0 Å². The second-order valence-electron chi connectivity index (χ2n) is 1.78. The summed E-state index contributed by atoms with van der Waals surface area (Å²) < 4.78 is 4.47. The van der Waals surface area contributed by atoms with Crippen LogP contribution in [-0.2, 0) is 9.53 Å². The van der Waals surface area contributed by atoms with Gasteiger partial charge in [-0.2, -0.15) is 5.26 Å². The van der Waals surface area contributed by atoms with Crippen molar-refractivity contribution in [1.29, 1.82) is 5.26 Å². The molecule has 0 bridgehead atoms. The summed E-state index contributed by atoms with van der Waals surface area (Å²) in [5.74, 6) is -0.315. The molecule has 0 aliphatic heterocycles. The van der Waals surface area contributed by atoms with Gasteiger partial charge in [0.2, 0.25) is 0 Å². The Hall–Kier alpha value is -1.04. The zero-order valence-corrected chi connectivity index (χ0v) is 5.80. The third-order valence-electron chi connectivity index (χ3n) is 0.929. The van der Waals surface area contributed by atoms with E-state index in [-0.39, 0.29) is 12.6 Å². The van der Waals surface area contributed by atoms with Gasteiger partial charge in [0.1, 0.15) is 6.07 Å². The van der Waals surface area contributed by atoms with Gasteiger partial charge in [-0.25, -0.2) is 0 Å². The van der Waals surface area contributed by atoms with E-state index in [1.165, 1.54) is 0 Å². The molecular formula is C7H10NO2. The first kappa shape index (κ1) is 8.96. The monoisotopic (exact) mass is 140 g/mol. The summed E-state index contributed by atoms with van der Waals surface area (Å²) in [6, 6.07) is 1.72. The average molecular weight is 140 g/mol. The molecule has 0 saturated heterocycles. The van der Waals surface area contributed by atoms with Gasteiger partial charge < -0.3 is 4.74 Å². The minimum Gasteiger partial charge on any atom is -0.450 e. The van der Waals surface area contributed by atoms with Crippen LogP contribution in [0.3, 0.4) is 0 Å². The maximum absolute atomic E-state index is 10.6. The number of unbranched alkanes of at least 4 members (excludes halogenated alkanes) is 1. The predicted octanol–water partition coefficient (Wildman–Crippen LogP) is 1.06. The molecule has 55 valence electrons.